The van der Waals surface area contributed by atoms with Crippen LogP contribution in [0.5, 0.6) is 0 Å². The molecule has 4 heteroatoms. The number of methoxy groups -OCH3 is 1. The molecule has 1 aromatic heterocycles. The zero-order valence-electron chi connectivity index (χ0n) is 12.2. The highest BCUT2D eigenvalue weighted by molar-refractivity contribution is 7.11. The Labute approximate surface area is 119 Å². The Morgan fingerprint density at radius 2 is 2.16 bits per heavy atom. The molecule has 106 valence electrons. The lowest BCUT2D eigenvalue weighted by molar-refractivity contribution is -0.0780. The first kappa shape index (κ1) is 13.5. The van der Waals surface area contributed by atoms with Gasteiger partial charge in [-0.3, -0.25) is 0 Å². The molecule has 3 rings (SSSR count). The van der Waals surface area contributed by atoms with Gasteiger partial charge in [-0.1, -0.05) is 13.8 Å². The lowest BCUT2D eigenvalue weighted by Gasteiger charge is -2.38. The highest BCUT2D eigenvalue weighted by atomic mass is 32.1. The van der Waals surface area contributed by atoms with Gasteiger partial charge in [0.15, 0.2) is 0 Å². The number of hydrogen-bond acceptors (Lipinski definition) is 4. The predicted octanol–water partition coefficient (Wildman–Crippen LogP) is 3.54. The molecule has 2 saturated carbocycles. The van der Waals surface area contributed by atoms with E-state index in [-0.39, 0.29) is 5.60 Å². The quantitative estimate of drug-likeness (QED) is 0.865. The minimum Gasteiger partial charge on any atom is -0.371 e. The molecule has 0 atom stereocenters. The summed E-state index contributed by atoms with van der Waals surface area (Å²) in [6.07, 6.45) is 6.18. The van der Waals surface area contributed by atoms with Crippen LogP contribution in [0.1, 0.15) is 67.4 Å². The highest BCUT2D eigenvalue weighted by Gasteiger charge is 2.43. The van der Waals surface area contributed by atoms with E-state index in [1.165, 1.54) is 34.8 Å². The van der Waals surface area contributed by atoms with Crippen molar-refractivity contribution in [3.8, 4) is 0 Å². The average molecular weight is 280 g/mol. The van der Waals surface area contributed by atoms with Gasteiger partial charge in [-0.25, -0.2) is 4.98 Å². The van der Waals surface area contributed by atoms with Crippen molar-refractivity contribution in [3.05, 3.63) is 15.6 Å². The smallest absolute Gasteiger partial charge is 0.125 e. The van der Waals surface area contributed by atoms with Crippen LogP contribution in [0.3, 0.4) is 0 Å². The molecule has 0 amide bonds. The van der Waals surface area contributed by atoms with E-state index in [9.17, 15) is 0 Å². The molecule has 0 spiro atoms. The maximum atomic E-state index is 5.78. The zero-order chi connectivity index (χ0) is 13.5. The zero-order valence-corrected chi connectivity index (χ0v) is 13.0. The number of hydrogen-bond donors (Lipinski definition) is 1. The number of ether oxygens (including phenoxy) is 1. The summed E-state index contributed by atoms with van der Waals surface area (Å²) < 4.78 is 5.78. The van der Waals surface area contributed by atoms with Crippen molar-refractivity contribution in [1.29, 1.82) is 0 Å². The summed E-state index contributed by atoms with van der Waals surface area (Å²) in [7, 11) is 1.84. The largest absolute Gasteiger partial charge is 0.371 e. The van der Waals surface area contributed by atoms with Crippen LogP contribution in [0.2, 0.25) is 0 Å². The van der Waals surface area contributed by atoms with Crippen LogP contribution >= 0.6 is 11.3 Å². The van der Waals surface area contributed by atoms with Crippen molar-refractivity contribution >= 4 is 11.3 Å². The Bertz CT molecular complexity index is 441. The highest BCUT2D eigenvalue weighted by Crippen LogP contribution is 2.49. The van der Waals surface area contributed by atoms with Gasteiger partial charge >= 0.3 is 0 Å². The summed E-state index contributed by atoms with van der Waals surface area (Å²) in [5.41, 5.74) is 1.31. The molecule has 0 aromatic carbocycles. The summed E-state index contributed by atoms with van der Waals surface area (Å²) in [6.45, 7) is 5.35. The Morgan fingerprint density at radius 1 is 1.42 bits per heavy atom. The lowest BCUT2D eigenvalue weighted by Crippen LogP contribution is -2.35. The molecule has 0 unspecified atom stereocenters. The Balaban J connectivity index is 1.83. The third kappa shape index (κ3) is 2.58. The van der Waals surface area contributed by atoms with Crippen molar-refractivity contribution in [1.82, 2.24) is 10.3 Å². The van der Waals surface area contributed by atoms with E-state index < -0.39 is 0 Å². The second kappa shape index (κ2) is 5.15. The molecular weight excluding hydrogens is 256 g/mol. The van der Waals surface area contributed by atoms with Crippen LogP contribution < -0.4 is 5.32 Å². The summed E-state index contributed by atoms with van der Waals surface area (Å²) in [4.78, 5) is 6.41. The van der Waals surface area contributed by atoms with Crippen molar-refractivity contribution in [2.45, 2.75) is 70.1 Å². The topological polar surface area (TPSA) is 34.1 Å². The molecule has 0 radical (unpaired) electrons. The molecule has 2 fully saturated rings. The first-order chi connectivity index (χ1) is 9.14. The van der Waals surface area contributed by atoms with E-state index in [0.29, 0.717) is 6.04 Å². The molecule has 0 bridgehead atoms. The number of aromatic nitrogens is 1. The number of nitrogens with one attached hydrogen (secondary N) is 1. The summed E-state index contributed by atoms with van der Waals surface area (Å²) in [5.74, 6) is 0.725. The number of thiazole rings is 1. The second-order valence-corrected chi connectivity index (χ2v) is 7.27. The van der Waals surface area contributed by atoms with Crippen molar-refractivity contribution in [3.63, 3.8) is 0 Å². The van der Waals surface area contributed by atoms with E-state index >= 15 is 0 Å². The molecule has 0 aliphatic heterocycles. The van der Waals surface area contributed by atoms with Crippen molar-refractivity contribution < 1.29 is 4.74 Å². The first-order valence-electron chi connectivity index (χ1n) is 7.43. The van der Waals surface area contributed by atoms with Gasteiger partial charge in [-0.05, 0) is 32.1 Å². The standard InChI is InChI=1S/C15H24N2OS/c1-10(2)16-9-12-13(11-5-6-11)17-14(19-12)15(18-3)7-4-8-15/h10-11,16H,4-9H2,1-3H3. The Hall–Kier alpha value is -0.450. The van der Waals surface area contributed by atoms with Crippen LogP contribution in [0.4, 0.5) is 0 Å². The van der Waals surface area contributed by atoms with Crippen LogP contribution in [0, 0.1) is 0 Å². The van der Waals surface area contributed by atoms with Gasteiger partial charge in [0.1, 0.15) is 10.6 Å². The maximum absolute atomic E-state index is 5.78. The second-order valence-electron chi connectivity index (χ2n) is 6.19. The van der Waals surface area contributed by atoms with Gasteiger partial charge in [0.2, 0.25) is 0 Å². The van der Waals surface area contributed by atoms with Crippen molar-refractivity contribution in [2.75, 3.05) is 7.11 Å². The Morgan fingerprint density at radius 3 is 2.63 bits per heavy atom. The fourth-order valence-corrected chi connectivity index (χ4v) is 3.98. The maximum Gasteiger partial charge on any atom is 0.125 e. The summed E-state index contributed by atoms with van der Waals surface area (Å²) in [5, 5.41) is 4.76. The fourth-order valence-electron chi connectivity index (χ4n) is 2.66. The molecule has 2 aliphatic carbocycles. The molecule has 2 aliphatic rings. The lowest BCUT2D eigenvalue weighted by atomic mass is 9.80. The van der Waals surface area contributed by atoms with E-state index in [1.54, 1.807) is 0 Å². The Kier molecular flexibility index (Phi) is 3.67. The minimum absolute atomic E-state index is 0.0512. The van der Waals surface area contributed by atoms with E-state index in [1.807, 2.05) is 18.4 Å². The molecule has 3 nitrogen and oxygen atoms in total. The number of rotatable bonds is 6. The number of nitrogens with zero attached hydrogens (tertiary/aromatic N) is 1. The molecule has 0 saturated heterocycles. The van der Waals surface area contributed by atoms with E-state index in [2.05, 4.69) is 19.2 Å². The van der Waals surface area contributed by atoms with Gasteiger partial charge in [0, 0.05) is 30.5 Å². The normalized spacial score (nSPS) is 21.7. The van der Waals surface area contributed by atoms with Gasteiger partial charge in [-0.15, -0.1) is 11.3 Å². The van der Waals surface area contributed by atoms with Gasteiger partial charge in [-0.2, -0.15) is 0 Å². The third-order valence-corrected chi connectivity index (χ3v) is 5.56. The van der Waals surface area contributed by atoms with E-state index in [4.69, 9.17) is 9.72 Å². The average Bonchev–Trinajstić information content (AvgIpc) is 3.08. The van der Waals surface area contributed by atoms with Crippen LogP contribution in [0.15, 0.2) is 0 Å². The SMILES string of the molecule is COC1(c2nc(C3CC3)c(CNC(C)C)s2)CCC1. The van der Waals surface area contributed by atoms with Gasteiger partial charge < -0.3 is 10.1 Å². The van der Waals surface area contributed by atoms with Crippen LogP contribution in [0.25, 0.3) is 0 Å². The summed E-state index contributed by atoms with van der Waals surface area (Å²) in [6, 6.07) is 0.526. The van der Waals surface area contributed by atoms with Crippen LogP contribution in [-0.2, 0) is 16.9 Å². The van der Waals surface area contributed by atoms with E-state index in [0.717, 1.165) is 25.3 Å². The molecular formula is C15H24N2OS. The summed E-state index contributed by atoms with van der Waals surface area (Å²) >= 11 is 1.88. The third-order valence-electron chi connectivity index (χ3n) is 4.30. The predicted molar refractivity (Wildman–Crippen MR) is 78.6 cm³/mol. The van der Waals surface area contributed by atoms with Gasteiger partial charge in [0.25, 0.3) is 0 Å². The minimum atomic E-state index is -0.0512. The monoisotopic (exact) mass is 280 g/mol. The first-order valence-corrected chi connectivity index (χ1v) is 8.25. The fraction of sp³-hybridized carbons (Fsp3) is 0.800. The molecule has 1 heterocycles. The van der Waals surface area contributed by atoms with Gasteiger partial charge in [0.05, 0.1) is 5.69 Å². The molecule has 1 N–H and O–H groups in total. The molecule has 1 aromatic rings. The van der Waals surface area contributed by atoms with Crippen LogP contribution in [-0.4, -0.2) is 18.1 Å². The van der Waals surface area contributed by atoms with Crippen molar-refractivity contribution in [2.24, 2.45) is 0 Å². The molecule has 19 heavy (non-hydrogen) atoms.